The first-order valence-corrected chi connectivity index (χ1v) is 19.8. The summed E-state index contributed by atoms with van der Waals surface area (Å²) >= 11 is 0. The number of nitrogens with zero attached hydrogens (tertiary/aromatic N) is 1. The Hall–Kier alpha value is -7.62. The average Bonchev–Trinajstić information content (AvgIpc) is 3.97. The Kier molecular flexibility index (Phi) is 7.14. The SMILES string of the molecule is c1ccc(C2(c3ccccc3)c3ccccc3-c3c(N(c4cccc(-c5cccc6c5oc5ccccc56)c4)c4cccc5c4oc4ccccc45)cccc32)cc1. The minimum absolute atomic E-state index is 0.541. The topological polar surface area (TPSA) is 29.5 Å². The Balaban J connectivity index is 1.17. The summed E-state index contributed by atoms with van der Waals surface area (Å²) in [5.74, 6) is 0. The first kappa shape index (κ1) is 32.6. The molecule has 2 heterocycles. The lowest BCUT2D eigenvalue weighted by atomic mass is 9.68. The highest BCUT2D eigenvalue weighted by Gasteiger charge is 2.47. The number of furan rings is 2. The molecule has 11 aromatic rings. The molecule has 272 valence electrons. The normalized spacial score (nSPS) is 13.0. The standard InChI is InChI=1S/C55H35NO2/c1-3-18-37(19-4-1)55(38-20-5-2-6-21-38)46-29-10-7-25-45(46)52-47(55)30-16-31-48(52)56(49-32-15-28-44-42-24-9-12-34-51(42)58-54(44)49)39-22-13-17-36(35-39)40-26-14-27-43-41-23-8-11-33-50(41)57-53(40)43/h1-35H. The van der Waals surface area contributed by atoms with E-state index in [0.717, 1.165) is 72.1 Å². The fourth-order valence-electron chi connectivity index (χ4n) is 9.76. The summed E-state index contributed by atoms with van der Waals surface area (Å²) < 4.78 is 13.4. The third-order valence-corrected chi connectivity index (χ3v) is 12.1. The summed E-state index contributed by atoms with van der Waals surface area (Å²) in [4.78, 5) is 2.41. The molecule has 9 aromatic carbocycles. The molecule has 0 radical (unpaired) electrons. The van der Waals surface area contributed by atoms with E-state index < -0.39 is 5.41 Å². The maximum atomic E-state index is 6.83. The molecule has 1 aliphatic carbocycles. The van der Waals surface area contributed by atoms with Crippen molar-refractivity contribution in [1.82, 2.24) is 0 Å². The van der Waals surface area contributed by atoms with Crippen LogP contribution >= 0.6 is 0 Å². The summed E-state index contributed by atoms with van der Waals surface area (Å²) in [6.07, 6.45) is 0. The maximum absolute atomic E-state index is 6.83. The maximum Gasteiger partial charge on any atom is 0.159 e. The van der Waals surface area contributed by atoms with Crippen molar-refractivity contribution in [3.63, 3.8) is 0 Å². The van der Waals surface area contributed by atoms with Gasteiger partial charge in [0, 0.05) is 38.4 Å². The number of hydrogen-bond donors (Lipinski definition) is 0. The van der Waals surface area contributed by atoms with Crippen LogP contribution in [0.1, 0.15) is 22.3 Å². The molecular weight excluding hydrogens is 707 g/mol. The highest BCUT2D eigenvalue weighted by molar-refractivity contribution is 6.12. The zero-order chi connectivity index (χ0) is 38.2. The van der Waals surface area contributed by atoms with E-state index in [1.807, 2.05) is 18.2 Å². The van der Waals surface area contributed by atoms with Gasteiger partial charge in [0.25, 0.3) is 0 Å². The predicted octanol–water partition coefficient (Wildman–Crippen LogP) is 15.0. The van der Waals surface area contributed by atoms with Crippen LogP contribution in [0.15, 0.2) is 221 Å². The number of para-hydroxylation sites is 4. The predicted molar refractivity (Wildman–Crippen MR) is 238 cm³/mol. The monoisotopic (exact) mass is 741 g/mol. The zero-order valence-corrected chi connectivity index (χ0v) is 31.5. The van der Waals surface area contributed by atoms with E-state index in [4.69, 9.17) is 8.83 Å². The minimum Gasteiger partial charge on any atom is -0.455 e. The van der Waals surface area contributed by atoms with Crippen LogP contribution < -0.4 is 4.90 Å². The van der Waals surface area contributed by atoms with Crippen molar-refractivity contribution in [2.45, 2.75) is 5.41 Å². The van der Waals surface area contributed by atoms with Crippen molar-refractivity contribution in [3.05, 3.63) is 235 Å². The smallest absolute Gasteiger partial charge is 0.159 e. The first-order valence-electron chi connectivity index (χ1n) is 19.8. The van der Waals surface area contributed by atoms with Crippen LogP contribution in [0.3, 0.4) is 0 Å². The quantitative estimate of drug-likeness (QED) is 0.170. The molecule has 0 spiro atoms. The van der Waals surface area contributed by atoms with Gasteiger partial charge in [-0.05, 0) is 69.8 Å². The van der Waals surface area contributed by atoms with Gasteiger partial charge in [-0.15, -0.1) is 0 Å². The highest BCUT2D eigenvalue weighted by atomic mass is 16.3. The summed E-state index contributed by atoms with van der Waals surface area (Å²) in [6, 6.07) is 76.2. The van der Waals surface area contributed by atoms with Crippen molar-refractivity contribution in [2.24, 2.45) is 0 Å². The van der Waals surface area contributed by atoms with Crippen LogP contribution in [0.25, 0.3) is 66.1 Å². The van der Waals surface area contributed by atoms with E-state index in [1.165, 1.54) is 33.4 Å². The summed E-state index contributed by atoms with van der Waals surface area (Å²) in [7, 11) is 0. The van der Waals surface area contributed by atoms with Crippen molar-refractivity contribution in [1.29, 1.82) is 0 Å². The van der Waals surface area contributed by atoms with Gasteiger partial charge in [0.2, 0.25) is 0 Å². The molecule has 1 aliphatic rings. The molecule has 0 unspecified atom stereocenters. The van der Waals surface area contributed by atoms with Crippen LogP contribution in [-0.4, -0.2) is 0 Å². The van der Waals surface area contributed by atoms with Gasteiger partial charge in [0.15, 0.2) is 5.58 Å². The van der Waals surface area contributed by atoms with Crippen molar-refractivity contribution in [2.75, 3.05) is 4.90 Å². The van der Waals surface area contributed by atoms with Crippen molar-refractivity contribution in [3.8, 4) is 22.3 Å². The Morgan fingerprint density at radius 2 is 0.879 bits per heavy atom. The molecular formula is C55H35NO2. The van der Waals surface area contributed by atoms with E-state index in [1.54, 1.807) is 0 Å². The third kappa shape index (κ3) is 4.62. The molecule has 2 aromatic heterocycles. The highest BCUT2D eigenvalue weighted by Crippen LogP contribution is 2.60. The molecule has 0 atom stereocenters. The average molecular weight is 742 g/mol. The number of benzene rings is 9. The van der Waals surface area contributed by atoms with Gasteiger partial charge < -0.3 is 13.7 Å². The zero-order valence-electron chi connectivity index (χ0n) is 31.5. The molecule has 0 N–H and O–H groups in total. The molecule has 3 heteroatoms. The second kappa shape index (κ2) is 12.7. The molecule has 0 amide bonds. The number of rotatable bonds is 6. The summed E-state index contributed by atoms with van der Waals surface area (Å²) in [6.45, 7) is 0. The molecule has 12 rings (SSSR count). The van der Waals surface area contributed by atoms with Crippen LogP contribution in [0.5, 0.6) is 0 Å². The molecule has 3 nitrogen and oxygen atoms in total. The van der Waals surface area contributed by atoms with Crippen LogP contribution in [0.2, 0.25) is 0 Å². The van der Waals surface area contributed by atoms with Crippen LogP contribution in [-0.2, 0) is 5.41 Å². The first-order chi connectivity index (χ1) is 28.8. The van der Waals surface area contributed by atoms with Gasteiger partial charge in [-0.1, -0.05) is 176 Å². The number of anilines is 3. The molecule has 0 saturated carbocycles. The van der Waals surface area contributed by atoms with Crippen molar-refractivity contribution >= 4 is 60.9 Å². The Morgan fingerprint density at radius 1 is 0.362 bits per heavy atom. The number of hydrogen-bond acceptors (Lipinski definition) is 3. The van der Waals surface area contributed by atoms with Gasteiger partial charge in [-0.3, -0.25) is 0 Å². The summed E-state index contributed by atoms with van der Waals surface area (Å²) in [5, 5.41) is 4.41. The van der Waals surface area contributed by atoms with Crippen LogP contribution in [0, 0.1) is 0 Å². The molecule has 0 aliphatic heterocycles. The fourth-order valence-corrected chi connectivity index (χ4v) is 9.76. The number of fused-ring (bicyclic) bond motifs is 9. The minimum atomic E-state index is -0.541. The molecule has 58 heavy (non-hydrogen) atoms. The van der Waals surface area contributed by atoms with Crippen LogP contribution in [0.4, 0.5) is 17.1 Å². The lowest BCUT2D eigenvalue weighted by Gasteiger charge is -2.34. The van der Waals surface area contributed by atoms with Gasteiger partial charge in [0.05, 0.1) is 16.8 Å². The summed E-state index contributed by atoms with van der Waals surface area (Å²) in [5.41, 5.74) is 15.5. The third-order valence-electron chi connectivity index (χ3n) is 12.1. The second-order valence-electron chi connectivity index (χ2n) is 15.1. The Morgan fingerprint density at radius 3 is 1.62 bits per heavy atom. The molecule has 0 saturated heterocycles. The van der Waals surface area contributed by atoms with Gasteiger partial charge in [-0.2, -0.15) is 0 Å². The lowest BCUT2D eigenvalue weighted by Crippen LogP contribution is -2.28. The lowest BCUT2D eigenvalue weighted by molar-refractivity contribution is 0.669. The molecule has 0 fully saturated rings. The largest absolute Gasteiger partial charge is 0.455 e. The Bertz CT molecular complexity index is 3320. The fraction of sp³-hybridized carbons (Fsp3) is 0.0182. The van der Waals surface area contributed by atoms with E-state index in [2.05, 4.69) is 199 Å². The van der Waals surface area contributed by atoms with E-state index in [9.17, 15) is 0 Å². The van der Waals surface area contributed by atoms with Gasteiger partial charge >= 0.3 is 0 Å². The Labute approximate surface area is 335 Å². The van der Waals surface area contributed by atoms with Gasteiger partial charge in [-0.25, -0.2) is 0 Å². The molecule has 0 bridgehead atoms. The van der Waals surface area contributed by atoms with E-state index in [-0.39, 0.29) is 0 Å². The van der Waals surface area contributed by atoms with Gasteiger partial charge in [0.1, 0.15) is 16.7 Å². The second-order valence-corrected chi connectivity index (χ2v) is 15.1. The van der Waals surface area contributed by atoms with Crippen molar-refractivity contribution < 1.29 is 8.83 Å². The van der Waals surface area contributed by atoms with E-state index >= 15 is 0 Å². The van der Waals surface area contributed by atoms with E-state index in [0.29, 0.717) is 0 Å².